The fraction of sp³-hybridized carbons (Fsp3) is 0.350. The van der Waals surface area contributed by atoms with Gasteiger partial charge in [-0.3, -0.25) is 4.79 Å². The monoisotopic (exact) mass is 406 g/mol. The van der Waals surface area contributed by atoms with Crippen LogP contribution in [0.1, 0.15) is 34.3 Å². The van der Waals surface area contributed by atoms with Crippen molar-refractivity contribution in [2.45, 2.75) is 37.6 Å². The fourth-order valence-electron chi connectivity index (χ4n) is 3.39. The molecule has 0 spiro atoms. The van der Waals surface area contributed by atoms with Crippen LogP contribution in [0.4, 0.5) is 0 Å². The molecule has 1 heterocycles. The summed E-state index contributed by atoms with van der Waals surface area (Å²) < 4.78 is 28.2. The minimum absolute atomic E-state index is 0.115. The van der Waals surface area contributed by atoms with Gasteiger partial charge in [-0.15, -0.1) is 0 Å². The number of halogens is 1. The second-order valence-electron chi connectivity index (χ2n) is 6.94. The number of piperidine rings is 1. The number of hydrogen-bond donors (Lipinski definition) is 1. The van der Waals surface area contributed by atoms with Crippen LogP contribution < -0.4 is 4.72 Å². The van der Waals surface area contributed by atoms with Crippen LogP contribution in [0.15, 0.2) is 47.4 Å². The van der Waals surface area contributed by atoms with Crippen LogP contribution in [0.25, 0.3) is 0 Å². The quantitative estimate of drug-likeness (QED) is 0.844. The molecule has 1 fully saturated rings. The second-order valence-corrected chi connectivity index (χ2v) is 9.03. The molecule has 0 unspecified atom stereocenters. The third-order valence-corrected chi connectivity index (χ3v) is 6.84. The average Bonchev–Trinajstić information content (AvgIpc) is 2.61. The molecule has 5 nitrogen and oxygen atoms in total. The molecule has 3 rings (SSSR count). The summed E-state index contributed by atoms with van der Waals surface area (Å²) in [5, 5.41) is 0.431. The Morgan fingerprint density at radius 3 is 2.41 bits per heavy atom. The zero-order valence-corrected chi connectivity index (χ0v) is 17.0. The lowest BCUT2D eigenvalue weighted by atomic mass is 10.0. The zero-order chi connectivity index (χ0) is 19.6. The van der Waals surface area contributed by atoms with Crippen LogP contribution >= 0.6 is 11.6 Å². The maximum absolute atomic E-state index is 12.7. The van der Waals surface area contributed by atoms with Gasteiger partial charge in [0.25, 0.3) is 5.91 Å². The lowest BCUT2D eigenvalue weighted by Crippen LogP contribution is -2.46. The summed E-state index contributed by atoms with van der Waals surface area (Å²) in [6.07, 6.45) is 1.14. The van der Waals surface area contributed by atoms with E-state index in [1.165, 1.54) is 0 Å². The Labute approximate surface area is 165 Å². The molecule has 0 saturated carbocycles. The summed E-state index contributed by atoms with van der Waals surface area (Å²) in [6, 6.07) is 12.1. The molecule has 27 heavy (non-hydrogen) atoms. The van der Waals surface area contributed by atoms with Gasteiger partial charge >= 0.3 is 0 Å². The highest BCUT2D eigenvalue weighted by Gasteiger charge is 2.28. The van der Waals surface area contributed by atoms with Gasteiger partial charge in [0.05, 0.1) is 15.5 Å². The Balaban J connectivity index is 1.64. The molecule has 1 N–H and O–H groups in total. The topological polar surface area (TPSA) is 66.5 Å². The van der Waals surface area contributed by atoms with Gasteiger partial charge in [0.2, 0.25) is 10.0 Å². The van der Waals surface area contributed by atoms with E-state index in [0.717, 1.165) is 11.1 Å². The van der Waals surface area contributed by atoms with E-state index in [0.29, 0.717) is 41.4 Å². The van der Waals surface area contributed by atoms with Gasteiger partial charge in [0.15, 0.2) is 0 Å². The maximum Gasteiger partial charge on any atom is 0.255 e. The summed E-state index contributed by atoms with van der Waals surface area (Å²) in [6.45, 7) is 4.71. The number of nitrogens with zero attached hydrogens (tertiary/aromatic N) is 1. The molecule has 0 aromatic heterocycles. The van der Waals surface area contributed by atoms with E-state index in [-0.39, 0.29) is 11.9 Å². The van der Waals surface area contributed by atoms with Gasteiger partial charge in [0.1, 0.15) is 0 Å². The molecule has 0 atom stereocenters. The highest BCUT2D eigenvalue weighted by Crippen LogP contribution is 2.22. The van der Waals surface area contributed by atoms with Crippen LogP contribution in [-0.4, -0.2) is 38.4 Å². The summed E-state index contributed by atoms with van der Waals surface area (Å²) in [4.78, 5) is 14.6. The smallest absolute Gasteiger partial charge is 0.255 e. The number of likely N-dealkylation sites (tertiary alicyclic amines) is 1. The molecular weight excluding hydrogens is 384 g/mol. The van der Waals surface area contributed by atoms with Crippen molar-refractivity contribution in [1.29, 1.82) is 0 Å². The van der Waals surface area contributed by atoms with Crippen molar-refractivity contribution in [2.24, 2.45) is 0 Å². The summed E-state index contributed by atoms with van der Waals surface area (Å²) in [7, 11) is -3.58. The molecule has 2 aromatic carbocycles. The number of rotatable bonds is 4. The first-order chi connectivity index (χ1) is 12.8. The lowest BCUT2D eigenvalue weighted by molar-refractivity contribution is 0.0711. The van der Waals surface area contributed by atoms with Crippen molar-refractivity contribution in [1.82, 2.24) is 9.62 Å². The minimum Gasteiger partial charge on any atom is -0.338 e. The van der Waals surface area contributed by atoms with Gasteiger partial charge in [-0.1, -0.05) is 41.4 Å². The standard InChI is InChI=1S/C20H23ClN2O3S/c1-14-7-8-19(15(2)13-14)27(25,26)22-16-9-11-23(12-10-16)20(24)17-5-3-4-6-18(17)21/h3-8,13,16,22H,9-12H2,1-2H3. The maximum atomic E-state index is 12.7. The third-order valence-electron chi connectivity index (χ3n) is 4.83. The Morgan fingerprint density at radius 2 is 1.78 bits per heavy atom. The van der Waals surface area contributed by atoms with E-state index in [2.05, 4.69) is 4.72 Å². The Hall–Kier alpha value is -1.89. The van der Waals surface area contributed by atoms with Gasteiger partial charge < -0.3 is 4.90 Å². The summed E-state index contributed by atoms with van der Waals surface area (Å²) >= 11 is 6.11. The minimum atomic E-state index is -3.58. The second kappa shape index (κ2) is 8.00. The first kappa shape index (κ1) is 19.9. The van der Waals surface area contributed by atoms with E-state index in [4.69, 9.17) is 11.6 Å². The van der Waals surface area contributed by atoms with Crippen molar-refractivity contribution in [2.75, 3.05) is 13.1 Å². The van der Waals surface area contributed by atoms with E-state index >= 15 is 0 Å². The van der Waals surface area contributed by atoms with Crippen LogP contribution in [0.3, 0.4) is 0 Å². The molecule has 0 bridgehead atoms. The molecule has 1 amide bonds. The molecule has 7 heteroatoms. The van der Waals surface area contributed by atoms with E-state index in [9.17, 15) is 13.2 Å². The van der Waals surface area contributed by atoms with E-state index in [1.807, 2.05) is 13.0 Å². The highest BCUT2D eigenvalue weighted by atomic mass is 35.5. The van der Waals surface area contributed by atoms with Gasteiger partial charge in [0, 0.05) is 19.1 Å². The highest BCUT2D eigenvalue weighted by molar-refractivity contribution is 7.89. The van der Waals surface area contributed by atoms with Crippen molar-refractivity contribution in [3.63, 3.8) is 0 Å². The van der Waals surface area contributed by atoms with Crippen LogP contribution in [0.2, 0.25) is 5.02 Å². The molecule has 0 radical (unpaired) electrons. The van der Waals surface area contributed by atoms with Crippen molar-refractivity contribution in [3.8, 4) is 0 Å². The largest absolute Gasteiger partial charge is 0.338 e. The summed E-state index contributed by atoms with van der Waals surface area (Å²) in [5.41, 5.74) is 2.24. The molecule has 0 aliphatic carbocycles. The predicted molar refractivity (Wildman–Crippen MR) is 107 cm³/mol. The Morgan fingerprint density at radius 1 is 1.11 bits per heavy atom. The molecule has 1 aliphatic rings. The molecular formula is C20H23ClN2O3S. The van der Waals surface area contributed by atoms with Gasteiger partial charge in [-0.2, -0.15) is 0 Å². The lowest BCUT2D eigenvalue weighted by Gasteiger charge is -2.32. The third kappa shape index (κ3) is 4.51. The SMILES string of the molecule is Cc1ccc(S(=O)(=O)NC2CCN(C(=O)c3ccccc3Cl)CC2)c(C)c1. The number of nitrogens with one attached hydrogen (secondary N) is 1. The Bertz CT molecular complexity index is 951. The van der Waals surface area contributed by atoms with Crippen molar-refractivity contribution >= 4 is 27.5 Å². The summed E-state index contributed by atoms with van der Waals surface area (Å²) in [5.74, 6) is -0.115. The van der Waals surface area contributed by atoms with Crippen LogP contribution in [0, 0.1) is 13.8 Å². The number of sulfonamides is 1. The molecule has 1 saturated heterocycles. The van der Waals surface area contributed by atoms with Gasteiger partial charge in [-0.25, -0.2) is 13.1 Å². The molecule has 2 aromatic rings. The fourth-order valence-corrected chi connectivity index (χ4v) is 5.14. The molecule has 144 valence electrons. The van der Waals surface area contributed by atoms with Crippen LogP contribution in [-0.2, 0) is 10.0 Å². The average molecular weight is 407 g/mol. The number of carbonyl (C=O) groups excluding carboxylic acids is 1. The van der Waals surface area contributed by atoms with E-state index in [1.54, 1.807) is 48.2 Å². The Kier molecular flexibility index (Phi) is 5.89. The number of aryl methyl sites for hydroxylation is 2. The first-order valence-corrected chi connectivity index (χ1v) is 10.8. The zero-order valence-electron chi connectivity index (χ0n) is 15.4. The normalized spacial score (nSPS) is 15.7. The number of benzene rings is 2. The molecule has 1 aliphatic heterocycles. The van der Waals surface area contributed by atoms with Crippen LogP contribution in [0.5, 0.6) is 0 Å². The number of carbonyl (C=O) groups is 1. The first-order valence-electron chi connectivity index (χ1n) is 8.91. The number of hydrogen-bond acceptors (Lipinski definition) is 3. The number of amides is 1. The van der Waals surface area contributed by atoms with E-state index < -0.39 is 10.0 Å². The van der Waals surface area contributed by atoms with Crippen molar-refractivity contribution < 1.29 is 13.2 Å². The van der Waals surface area contributed by atoms with Crippen molar-refractivity contribution in [3.05, 3.63) is 64.2 Å². The predicted octanol–water partition coefficient (Wildman–Crippen LogP) is 3.54. The van der Waals surface area contributed by atoms with Gasteiger partial charge in [-0.05, 0) is 50.5 Å².